The molecule has 2 fully saturated rings. The van der Waals surface area contributed by atoms with Gasteiger partial charge in [-0.2, -0.15) is 4.98 Å². The molecule has 10 nitrogen and oxygen atoms in total. The average Bonchev–Trinajstić information content (AvgIpc) is 3.34. The summed E-state index contributed by atoms with van der Waals surface area (Å²) in [6.45, 7) is 8.09. The monoisotopic (exact) mass is 505 g/mol. The fourth-order valence-electron chi connectivity index (χ4n) is 5.21. The first-order valence-electron chi connectivity index (χ1n) is 12.8. The number of anilines is 4. The van der Waals surface area contributed by atoms with Crippen LogP contribution in [0, 0.1) is 5.82 Å². The molecule has 3 aliphatic heterocycles. The molecule has 0 amide bonds. The first-order chi connectivity index (χ1) is 18.0. The van der Waals surface area contributed by atoms with Crippen LogP contribution in [-0.4, -0.2) is 95.8 Å². The number of nitrogens with two attached hydrogens (primary N) is 1. The summed E-state index contributed by atoms with van der Waals surface area (Å²) in [5.41, 5.74) is 9.75. The predicted octanol–water partition coefficient (Wildman–Crippen LogP) is 1.93. The number of nitrogens with zero attached hydrogens (tertiary/aromatic N) is 8. The van der Waals surface area contributed by atoms with E-state index < -0.39 is 0 Å². The number of halogens is 1. The van der Waals surface area contributed by atoms with E-state index in [-0.39, 0.29) is 11.8 Å². The maximum atomic E-state index is 15.6. The van der Waals surface area contributed by atoms with Crippen LogP contribution in [0.15, 0.2) is 30.6 Å². The van der Waals surface area contributed by atoms with Gasteiger partial charge in [-0.15, -0.1) is 0 Å². The summed E-state index contributed by atoms with van der Waals surface area (Å²) < 4.78 is 21.1. The molecule has 6 rings (SSSR count). The molecule has 0 atom stereocenters. The second kappa shape index (κ2) is 10.2. The minimum Gasteiger partial charge on any atom is -0.378 e. The van der Waals surface area contributed by atoms with E-state index in [4.69, 9.17) is 20.4 Å². The molecule has 11 heteroatoms. The van der Waals surface area contributed by atoms with E-state index in [0.29, 0.717) is 50.9 Å². The van der Waals surface area contributed by atoms with Crippen LogP contribution in [0.1, 0.15) is 11.1 Å². The fraction of sp³-hybridized carbons (Fsp3) is 0.462. The normalized spacial score (nSPS) is 18.9. The first kappa shape index (κ1) is 24.0. The van der Waals surface area contributed by atoms with Gasteiger partial charge < -0.3 is 25.2 Å². The second-order valence-corrected chi connectivity index (χ2v) is 9.87. The number of ether oxygens (including phenoxy) is 1. The van der Waals surface area contributed by atoms with E-state index in [1.807, 2.05) is 17.0 Å². The lowest BCUT2D eigenvalue weighted by atomic mass is 10.1. The number of hydrogen-bond donors (Lipinski definition) is 1. The van der Waals surface area contributed by atoms with Gasteiger partial charge >= 0.3 is 0 Å². The van der Waals surface area contributed by atoms with Crippen molar-refractivity contribution in [1.82, 2.24) is 29.7 Å². The molecule has 37 heavy (non-hydrogen) atoms. The molecule has 0 radical (unpaired) electrons. The Hall–Kier alpha value is -3.41. The summed E-state index contributed by atoms with van der Waals surface area (Å²) in [6.07, 6.45) is 4.07. The largest absolute Gasteiger partial charge is 0.378 e. The molecule has 5 heterocycles. The van der Waals surface area contributed by atoms with Gasteiger partial charge in [-0.3, -0.25) is 4.90 Å². The Kier molecular flexibility index (Phi) is 6.58. The van der Waals surface area contributed by atoms with Gasteiger partial charge in [0.1, 0.15) is 11.6 Å². The number of rotatable bonds is 5. The summed E-state index contributed by atoms with van der Waals surface area (Å²) in [6, 6.07) is 5.59. The highest BCUT2D eigenvalue weighted by Gasteiger charge is 2.30. The van der Waals surface area contributed by atoms with Crippen LogP contribution in [0.25, 0.3) is 11.3 Å². The Labute approximate surface area is 215 Å². The smallest absolute Gasteiger partial charge is 0.228 e. The summed E-state index contributed by atoms with van der Waals surface area (Å²) in [4.78, 5) is 27.0. The zero-order valence-corrected chi connectivity index (χ0v) is 21.1. The van der Waals surface area contributed by atoms with Crippen LogP contribution in [0.3, 0.4) is 0 Å². The Bertz CT molecular complexity index is 1260. The fourth-order valence-corrected chi connectivity index (χ4v) is 5.21. The predicted molar refractivity (Wildman–Crippen MR) is 140 cm³/mol. The lowest BCUT2D eigenvalue weighted by Gasteiger charge is -2.32. The zero-order valence-electron chi connectivity index (χ0n) is 21.1. The number of fused-ring (bicyclic) bond motifs is 1. The first-order valence-corrected chi connectivity index (χ1v) is 12.8. The van der Waals surface area contributed by atoms with Gasteiger partial charge in [0.15, 0.2) is 0 Å². The number of aromatic nitrogens is 4. The number of hydrogen-bond acceptors (Lipinski definition) is 10. The lowest BCUT2D eigenvalue weighted by molar-refractivity contribution is 0.122. The third-order valence-electron chi connectivity index (χ3n) is 7.36. The molecule has 0 spiro atoms. The molecular formula is C26H32FN9O. The highest BCUT2D eigenvalue weighted by molar-refractivity contribution is 5.77. The highest BCUT2D eigenvalue weighted by Crippen LogP contribution is 2.40. The minimum atomic E-state index is -0.233. The Morgan fingerprint density at radius 3 is 2.46 bits per heavy atom. The molecule has 2 aromatic heterocycles. The quantitative estimate of drug-likeness (QED) is 0.554. The van der Waals surface area contributed by atoms with Gasteiger partial charge in [0, 0.05) is 75.9 Å². The van der Waals surface area contributed by atoms with Crippen molar-refractivity contribution >= 4 is 23.4 Å². The van der Waals surface area contributed by atoms with E-state index in [1.165, 1.54) is 0 Å². The number of morpholine rings is 1. The van der Waals surface area contributed by atoms with Gasteiger partial charge in [0.25, 0.3) is 0 Å². The van der Waals surface area contributed by atoms with Crippen LogP contribution in [0.4, 0.5) is 27.8 Å². The summed E-state index contributed by atoms with van der Waals surface area (Å²) >= 11 is 0. The number of likely N-dealkylation sites (N-methyl/N-ethyl adjacent to an activating group) is 1. The Morgan fingerprint density at radius 1 is 0.973 bits per heavy atom. The van der Waals surface area contributed by atoms with Crippen molar-refractivity contribution in [3.8, 4) is 11.3 Å². The minimum absolute atomic E-state index is 0.211. The van der Waals surface area contributed by atoms with E-state index in [0.717, 1.165) is 60.9 Å². The van der Waals surface area contributed by atoms with E-state index >= 15 is 4.39 Å². The molecule has 3 aliphatic rings. The van der Waals surface area contributed by atoms with Crippen molar-refractivity contribution in [3.63, 3.8) is 0 Å². The van der Waals surface area contributed by atoms with Gasteiger partial charge in [-0.1, -0.05) is 6.07 Å². The molecule has 1 aromatic carbocycles. The van der Waals surface area contributed by atoms with Crippen LogP contribution < -0.4 is 15.5 Å². The summed E-state index contributed by atoms with van der Waals surface area (Å²) in [7, 11) is 2.14. The lowest BCUT2D eigenvalue weighted by Crippen LogP contribution is -2.43. The van der Waals surface area contributed by atoms with Crippen molar-refractivity contribution in [2.24, 2.45) is 0 Å². The molecule has 3 aromatic rings. The van der Waals surface area contributed by atoms with E-state index in [9.17, 15) is 0 Å². The Balaban J connectivity index is 1.33. The van der Waals surface area contributed by atoms with Gasteiger partial charge in [-0.05, 0) is 31.2 Å². The zero-order chi connectivity index (χ0) is 25.4. The van der Waals surface area contributed by atoms with Crippen molar-refractivity contribution in [2.75, 3.05) is 81.6 Å². The van der Waals surface area contributed by atoms with Crippen LogP contribution in [-0.2, 0) is 17.7 Å². The summed E-state index contributed by atoms with van der Waals surface area (Å²) in [5, 5.41) is 0. The van der Waals surface area contributed by atoms with Gasteiger partial charge in [0.05, 0.1) is 24.6 Å². The molecule has 2 N–H and O–H groups in total. The maximum absolute atomic E-state index is 15.6. The van der Waals surface area contributed by atoms with Crippen LogP contribution >= 0.6 is 0 Å². The van der Waals surface area contributed by atoms with E-state index in [2.05, 4.69) is 31.7 Å². The number of benzene rings is 1. The highest BCUT2D eigenvalue weighted by atomic mass is 19.1. The average molecular weight is 506 g/mol. The molecule has 0 bridgehead atoms. The van der Waals surface area contributed by atoms with Crippen LogP contribution in [0.5, 0.6) is 0 Å². The molecule has 0 unspecified atom stereocenters. The van der Waals surface area contributed by atoms with Gasteiger partial charge in [0.2, 0.25) is 11.9 Å². The molecule has 0 aliphatic carbocycles. The van der Waals surface area contributed by atoms with Gasteiger partial charge in [-0.25, -0.2) is 19.3 Å². The molecule has 0 saturated carbocycles. The van der Waals surface area contributed by atoms with Crippen molar-refractivity contribution in [1.29, 1.82) is 0 Å². The third-order valence-corrected chi connectivity index (χ3v) is 7.36. The van der Waals surface area contributed by atoms with Crippen molar-refractivity contribution in [2.45, 2.75) is 13.0 Å². The number of nitrogen functional groups attached to an aromatic ring is 1. The SMILES string of the molecule is CN1CCN(Cc2ccc(N3CCc4c(-c5cnc(N)nc5)nc(N5CCOCC5)nc43)c(F)c2)CC1. The molecule has 194 valence electrons. The summed E-state index contributed by atoms with van der Waals surface area (Å²) in [5.74, 6) is 1.31. The standard InChI is InChI=1S/C26H32FN9O/c1-33-6-8-34(9-7-33)17-18-2-3-22(21(27)14-18)36-5-4-20-23(19-15-29-25(28)30-16-19)31-26(32-24(20)36)35-10-12-37-13-11-35/h2-3,14-16H,4-13,17H2,1H3,(H2,28,29,30). The van der Waals surface area contributed by atoms with Crippen LogP contribution in [0.2, 0.25) is 0 Å². The van der Waals surface area contributed by atoms with E-state index in [1.54, 1.807) is 18.5 Å². The molecular weight excluding hydrogens is 473 g/mol. The maximum Gasteiger partial charge on any atom is 0.228 e. The third kappa shape index (κ3) is 4.94. The Morgan fingerprint density at radius 2 is 1.73 bits per heavy atom. The molecule has 2 saturated heterocycles. The van der Waals surface area contributed by atoms with Crippen molar-refractivity contribution in [3.05, 3.63) is 47.5 Å². The van der Waals surface area contributed by atoms with Crippen molar-refractivity contribution < 1.29 is 9.13 Å². The second-order valence-electron chi connectivity index (χ2n) is 9.87. The topological polar surface area (TPSA) is 99.8 Å². The number of piperazine rings is 1.